The molecule has 3 rings (SSSR count). The van der Waals surface area contributed by atoms with Crippen molar-refractivity contribution in [3.8, 4) is 0 Å². The van der Waals surface area contributed by atoms with Crippen LogP contribution < -0.4 is 5.32 Å². The zero-order valence-corrected chi connectivity index (χ0v) is 16.2. The molecule has 2 heterocycles. The molecule has 0 aliphatic heterocycles. The van der Waals surface area contributed by atoms with E-state index in [1.807, 2.05) is 0 Å². The number of nitrogens with zero attached hydrogens (tertiary/aromatic N) is 6. The summed E-state index contributed by atoms with van der Waals surface area (Å²) in [6.45, 7) is 2.25. The number of rotatable bonds is 7. The molecule has 0 radical (unpaired) electrons. The third-order valence-corrected chi connectivity index (χ3v) is 4.43. The highest BCUT2D eigenvalue weighted by atomic mass is 35.5. The van der Waals surface area contributed by atoms with Gasteiger partial charge in [-0.2, -0.15) is 4.68 Å². The summed E-state index contributed by atoms with van der Waals surface area (Å²) in [6.07, 6.45) is 1.54. The molecule has 1 amide bonds. The SMILES string of the molecule is Cc1cc([N+](=O)[O-])nn1CCC(=O)Nc1ncn(Cc2ccc(Cl)cc2Cl)n1. The molecule has 0 aliphatic carbocycles. The van der Waals surface area contributed by atoms with E-state index in [1.54, 1.807) is 25.1 Å². The van der Waals surface area contributed by atoms with Gasteiger partial charge in [0.2, 0.25) is 11.9 Å². The molecule has 0 unspecified atom stereocenters. The van der Waals surface area contributed by atoms with E-state index in [9.17, 15) is 14.9 Å². The van der Waals surface area contributed by atoms with Crippen molar-refractivity contribution in [2.75, 3.05) is 5.32 Å². The maximum atomic E-state index is 12.1. The summed E-state index contributed by atoms with van der Waals surface area (Å²) < 4.78 is 2.94. The maximum Gasteiger partial charge on any atom is 0.390 e. The number of amides is 1. The Morgan fingerprint density at radius 3 is 2.75 bits per heavy atom. The Hall–Kier alpha value is -2.98. The Balaban J connectivity index is 1.56. The van der Waals surface area contributed by atoms with Crippen molar-refractivity contribution in [3.63, 3.8) is 0 Å². The number of carbonyl (C=O) groups is 1. The number of hydrogen-bond donors (Lipinski definition) is 1. The summed E-state index contributed by atoms with van der Waals surface area (Å²) in [6, 6.07) is 6.50. The first-order valence-electron chi connectivity index (χ1n) is 8.14. The van der Waals surface area contributed by atoms with Crippen molar-refractivity contribution in [1.29, 1.82) is 0 Å². The largest absolute Gasteiger partial charge is 0.390 e. The lowest BCUT2D eigenvalue weighted by atomic mass is 10.2. The van der Waals surface area contributed by atoms with Crippen molar-refractivity contribution < 1.29 is 9.72 Å². The normalized spacial score (nSPS) is 10.8. The van der Waals surface area contributed by atoms with Crippen molar-refractivity contribution in [3.05, 3.63) is 62.0 Å². The Morgan fingerprint density at radius 1 is 1.29 bits per heavy atom. The molecule has 1 N–H and O–H groups in total. The summed E-state index contributed by atoms with van der Waals surface area (Å²) in [5.74, 6) is -0.433. The monoisotopic (exact) mass is 423 g/mol. The molecule has 3 aromatic rings. The van der Waals surface area contributed by atoms with E-state index in [2.05, 4.69) is 20.5 Å². The van der Waals surface area contributed by atoms with Crippen LogP contribution in [0.25, 0.3) is 0 Å². The molecule has 12 heteroatoms. The topological polar surface area (TPSA) is 121 Å². The van der Waals surface area contributed by atoms with Gasteiger partial charge in [0.25, 0.3) is 0 Å². The summed E-state index contributed by atoms with van der Waals surface area (Å²) in [5, 5.41) is 22.4. The Morgan fingerprint density at radius 2 is 2.07 bits per heavy atom. The van der Waals surface area contributed by atoms with Crippen LogP contribution in [0, 0.1) is 17.0 Å². The first kappa shape index (κ1) is 19.8. The zero-order valence-electron chi connectivity index (χ0n) is 14.7. The highest BCUT2D eigenvalue weighted by molar-refractivity contribution is 6.35. The third-order valence-electron chi connectivity index (χ3n) is 3.84. The minimum Gasteiger partial charge on any atom is -0.358 e. The van der Waals surface area contributed by atoms with E-state index in [-0.39, 0.29) is 30.6 Å². The van der Waals surface area contributed by atoms with Crippen LogP contribution in [0.3, 0.4) is 0 Å². The first-order chi connectivity index (χ1) is 13.3. The molecule has 146 valence electrons. The van der Waals surface area contributed by atoms with Gasteiger partial charge in [0, 0.05) is 16.5 Å². The number of benzene rings is 1. The molecule has 0 saturated carbocycles. The van der Waals surface area contributed by atoms with Gasteiger partial charge in [-0.3, -0.25) is 10.1 Å². The summed E-state index contributed by atoms with van der Waals surface area (Å²) in [4.78, 5) is 26.3. The van der Waals surface area contributed by atoms with E-state index in [1.165, 1.54) is 21.8 Å². The molecule has 0 bridgehead atoms. The van der Waals surface area contributed by atoms with Crippen LogP contribution in [0.15, 0.2) is 30.6 Å². The predicted molar refractivity (Wildman–Crippen MR) is 102 cm³/mol. The number of anilines is 1. The second-order valence-electron chi connectivity index (χ2n) is 5.92. The van der Waals surface area contributed by atoms with Crippen LogP contribution >= 0.6 is 23.2 Å². The number of aryl methyl sites for hydroxylation is 2. The van der Waals surface area contributed by atoms with Crippen molar-refractivity contribution in [1.82, 2.24) is 24.5 Å². The fourth-order valence-corrected chi connectivity index (χ4v) is 2.92. The summed E-state index contributed by atoms with van der Waals surface area (Å²) >= 11 is 12.0. The fraction of sp³-hybridized carbons (Fsp3) is 0.250. The average Bonchev–Trinajstić information content (AvgIpc) is 3.22. The van der Waals surface area contributed by atoms with Gasteiger partial charge in [-0.1, -0.05) is 29.3 Å². The van der Waals surface area contributed by atoms with Crippen molar-refractivity contribution in [2.24, 2.45) is 0 Å². The molecule has 0 saturated heterocycles. The highest BCUT2D eigenvalue weighted by Crippen LogP contribution is 2.21. The van der Waals surface area contributed by atoms with E-state index >= 15 is 0 Å². The number of hydrogen-bond acceptors (Lipinski definition) is 6. The predicted octanol–water partition coefficient (Wildman–Crippen LogP) is 3.08. The summed E-state index contributed by atoms with van der Waals surface area (Å²) in [5.41, 5.74) is 1.41. The average molecular weight is 424 g/mol. The van der Waals surface area contributed by atoms with Gasteiger partial charge >= 0.3 is 5.82 Å². The van der Waals surface area contributed by atoms with Crippen LogP contribution in [0.1, 0.15) is 17.7 Å². The van der Waals surface area contributed by atoms with Crippen LogP contribution in [-0.4, -0.2) is 35.4 Å². The molecule has 1 aromatic carbocycles. The van der Waals surface area contributed by atoms with Crippen LogP contribution in [0.2, 0.25) is 10.0 Å². The van der Waals surface area contributed by atoms with Gasteiger partial charge in [-0.05, 0) is 29.5 Å². The second kappa shape index (κ2) is 8.36. The number of nitro groups is 1. The van der Waals surface area contributed by atoms with E-state index < -0.39 is 4.92 Å². The minimum atomic E-state index is -0.576. The highest BCUT2D eigenvalue weighted by Gasteiger charge is 2.16. The van der Waals surface area contributed by atoms with E-state index in [0.717, 1.165) is 5.56 Å². The molecule has 0 spiro atoms. The molecule has 0 atom stereocenters. The number of aromatic nitrogens is 5. The van der Waals surface area contributed by atoms with E-state index in [0.29, 0.717) is 22.3 Å². The Bertz CT molecular complexity index is 1030. The van der Waals surface area contributed by atoms with Crippen LogP contribution in [-0.2, 0) is 17.9 Å². The summed E-state index contributed by atoms with van der Waals surface area (Å²) in [7, 11) is 0. The van der Waals surface area contributed by atoms with Gasteiger partial charge in [0.05, 0.1) is 29.9 Å². The molecular formula is C16H15Cl2N7O3. The number of carbonyl (C=O) groups excluding carboxylic acids is 1. The van der Waals surface area contributed by atoms with Crippen molar-refractivity contribution >= 4 is 40.9 Å². The lowest BCUT2D eigenvalue weighted by Gasteiger charge is -2.04. The minimum absolute atomic E-state index is 0.0667. The zero-order chi connectivity index (χ0) is 20.3. The van der Waals surface area contributed by atoms with Crippen LogP contribution in [0.5, 0.6) is 0 Å². The third kappa shape index (κ3) is 4.84. The molecule has 28 heavy (non-hydrogen) atoms. The molecule has 0 aliphatic rings. The lowest BCUT2D eigenvalue weighted by molar-refractivity contribution is -0.389. The number of halogens is 2. The van der Waals surface area contributed by atoms with Gasteiger partial charge in [-0.25, -0.2) is 9.67 Å². The molecule has 10 nitrogen and oxygen atoms in total. The van der Waals surface area contributed by atoms with Gasteiger partial charge in [-0.15, -0.1) is 5.10 Å². The number of nitrogens with one attached hydrogen (secondary N) is 1. The van der Waals surface area contributed by atoms with Crippen LogP contribution in [0.4, 0.5) is 11.8 Å². The smallest absolute Gasteiger partial charge is 0.358 e. The molecule has 2 aromatic heterocycles. The molecule has 0 fully saturated rings. The Kier molecular flexibility index (Phi) is 5.90. The first-order valence-corrected chi connectivity index (χ1v) is 8.89. The fourth-order valence-electron chi connectivity index (χ4n) is 2.46. The quantitative estimate of drug-likeness (QED) is 0.460. The lowest BCUT2D eigenvalue weighted by Crippen LogP contribution is -2.16. The Labute approximate surface area is 169 Å². The van der Waals surface area contributed by atoms with Crippen molar-refractivity contribution in [2.45, 2.75) is 26.4 Å². The van der Waals surface area contributed by atoms with E-state index in [4.69, 9.17) is 23.2 Å². The maximum absolute atomic E-state index is 12.1. The van der Waals surface area contributed by atoms with Gasteiger partial charge in [0.1, 0.15) is 6.33 Å². The standard InChI is InChI=1S/C16H15Cl2N7O3/c1-10-6-14(25(27)28)21-24(10)5-4-15(26)20-16-19-9-23(22-16)8-11-2-3-12(17)7-13(11)18/h2-3,6-7,9H,4-5,8H2,1H3,(H,20,22,26). The second-order valence-corrected chi connectivity index (χ2v) is 6.77. The molecular weight excluding hydrogens is 409 g/mol. The van der Waals surface area contributed by atoms with Gasteiger partial charge in [0.15, 0.2) is 0 Å². The van der Waals surface area contributed by atoms with Gasteiger partial charge < -0.3 is 10.1 Å².